The van der Waals surface area contributed by atoms with E-state index >= 15 is 0 Å². The Morgan fingerprint density at radius 3 is 2.56 bits per heavy atom. The number of ether oxygens (including phenoxy) is 1. The fraction of sp³-hybridized carbons (Fsp3) is 0.485. The number of aryl methyl sites for hydroxylation is 2. The van der Waals surface area contributed by atoms with Gasteiger partial charge in [0.25, 0.3) is 0 Å². The second kappa shape index (κ2) is 13.9. The number of fused-ring (bicyclic) bond motifs is 1. The molecular weight excluding hydrogens is 546 g/mol. The number of nitrogens with zero attached hydrogens (tertiary/aromatic N) is 2. The third-order valence-corrected chi connectivity index (χ3v) is 8.52. The highest BCUT2D eigenvalue weighted by Crippen LogP contribution is 2.36. The Hall–Kier alpha value is -4.05. The van der Waals surface area contributed by atoms with Crippen LogP contribution in [0.15, 0.2) is 48.5 Å². The van der Waals surface area contributed by atoms with Crippen molar-refractivity contribution in [3.05, 3.63) is 65.4 Å². The molecule has 0 spiro atoms. The minimum atomic E-state index is -1.15. The first-order valence-electron chi connectivity index (χ1n) is 15.3. The topological polar surface area (TPSA) is 125 Å². The summed E-state index contributed by atoms with van der Waals surface area (Å²) in [7, 11) is 1.72. The number of benzene rings is 2. The molecule has 43 heavy (non-hydrogen) atoms. The molecule has 1 aliphatic carbocycles. The lowest BCUT2D eigenvalue weighted by Crippen LogP contribution is -2.44. The van der Waals surface area contributed by atoms with Crippen molar-refractivity contribution in [2.45, 2.75) is 76.4 Å². The fourth-order valence-electron chi connectivity index (χ4n) is 6.34. The highest BCUT2D eigenvalue weighted by Gasteiger charge is 2.30. The number of hydrogen-bond acceptors (Lipinski definition) is 4. The number of carbonyl (C=O) groups excluding carboxylic acids is 2. The quantitative estimate of drug-likeness (QED) is 0.215. The van der Waals surface area contributed by atoms with Crippen LogP contribution in [0, 0.1) is 6.92 Å². The number of anilines is 1. The largest absolute Gasteiger partial charge is 0.465 e. The molecule has 1 saturated carbocycles. The van der Waals surface area contributed by atoms with Gasteiger partial charge in [-0.05, 0) is 74.8 Å². The van der Waals surface area contributed by atoms with Crippen LogP contribution in [-0.2, 0) is 22.5 Å². The van der Waals surface area contributed by atoms with Gasteiger partial charge in [-0.2, -0.15) is 0 Å². The van der Waals surface area contributed by atoms with Gasteiger partial charge in [-0.3, -0.25) is 4.79 Å². The molecule has 1 unspecified atom stereocenters. The van der Waals surface area contributed by atoms with E-state index in [9.17, 15) is 19.5 Å². The number of nitrogens with one attached hydrogen (secondary N) is 3. The van der Waals surface area contributed by atoms with Gasteiger partial charge in [-0.1, -0.05) is 30.3 Å². The number of carbonyl (C=O) groups is 3. The molecule has 1 aliphatic heterocycles. The van der Waals surface area contributed by atoms with Gasteiger partial charge in [0, 0.05) is 80.1 Å². The van der Waals surface area contributed by atoms with Crippen LogP contribution in [0.25, 0.3) is 10.9 Å². The summed E-state index contributed by atoms with van der Waals surface area (Å²) in [6.45, 7) is 5.00. The highest BCUT2D eigenvalue weighted by atomic mass is 16.5. The second-order valence-corrected chi connectivity index (χ2v) is 11.8. The average molecular weight is 590 g/mol. The summed E-state index contributed by atoms with van der Waals surface area (Å²) in [6.07, 6.45) is 4.14. The van der Waals surface area contributed by atoms with Crippen LogP contribution < -0.4 is 16.0 Å². The molecular formula is C33H43N5O5. The van der Waals surface area contributed by atoms with Crippen molar-refractivity contribution in [1.29, 1.82) is 0 Å². The standard InChI is InChI=1S/C33H43N5O5/c1-22-28-8-3-4-9-29(28)38(17-6-18-43-2)31(22)24-7-5-16-37(21-24)30(39)20-27(36-33(41)42)19-23-10-12-25(13-11-23)34-32(40)35-26-14-15-26/h3-4,8-13,24,26-27,36H,5-7,14-21H2,1-2H3,(H,41,42)(H2,34,35,40)/t24?,27-/m1/s1. The molecule has 10 heteroatoms. The Morgan fingerprint density at radius 1 is 1.07 bits per heavy atom. The molecule has 2 atom stereocenters. The zero-order valence-corrected chi connectivity index (χ0v) is 25.1. The summed E-state index contributed by atoms with van der Waals surface area (Å²) in [5.41, 5.74) is 5.31. The molecule has 230 valence electrons. The van der Waals surface area contributed by atoms with Crippen molar-refractivity contribution in [3.63, 3.8) is 0 Å². The van der Waals surface area contributed by atoms with Gasteiger partial charge < -0.3 is 35.3 Å². The molecule has 2 aliphatic rings. The smallest absolute Gasteiger partial charge is 0.404 e. The van der Waals surface area contributed by atoms with Crippen LogP contribution in [0.5, 0.6) is 0 Å². The Morgan fingerprint density at radius 2 is 1.84 bits per heavy atom. The third kappa shape index (κ3) is 7.87. The van der Waals surface area contributed by atoms with E-state index in [1.54, 1.807) is 19.2 Å². The summed E-state index contributed by atoms with van der Waals surface area (Å²) in [5, 5.41) is 19.0. The zero-order chi connectivity index (χ0) is 30.3. The van der Waals surface area contributed by atoms with Gasteiger partial charge in [0.05, 0.1) is 0 Å². The van der Waals surface area contributed by atoms with Crippen LogP contribution >= 0.6 is 0 Å². The summed E-state index contributed by atoms with van der Waals surface area (Å²) in [4.78, 5) is 39.2. The molecule has 3 aromatic rings. The van der Waals surface area contributed by atoms with Crippen molar-refractivity contribution in [1.82, 2.24) is 20.1 Å². The van der Waals surface area contributed by atoms with E-state index < -0.39 is 12.1 Å². The van der Waals surface area contributed by atoms with E-state index in [1.165, 1.54) is 22.2 Å². The molecule has 4 amide bonds. The predicted octanol–water partition coefficient (Wildman–Crippen LogP) is 5.25. The second-order valence-electron chi connectivity index (χ2n) is 11.8. The van der Waals surface area contributed by atoms with Crippen molar-refractivity contribution >= 4 is 34.6 Å². The number of para-hydroxylation sites is 1. The normalized spacial score (nSPS) is 17.4. The molecule has 1 aromatic heterocycles. The molecule has 2 fully saturated rings. The number of rotatable bonds is 12. The monoisotopic (exact) mass is 589 g/mol. The number of carboxylic acid groups (broad SMARTS) is 1. The van der Waals surface area contributed by atoms with Gasteiger partial charge in [-0.25, -0.2) is 9.59 Å². The minimum Gasteiger partial charge on any atom is -0.465 e. The lowest BCUT2D eigenvalue weighted by Gasteiger charge is -2.35. The van der Waals surface area contributed by atoms with Gasteiger partial charge >= 0.3 is 12.1 Å². The Bertz CT molecular complexity index is 1430. The minimum absolute atomic E-state index is 0.0434. The number of urea groups is 1. The van der Waals surface area contributed by atoms with E-state index in [4.69, 9.17) is 4.74 Å². The summed E-state index contributed by atoms with van der Waals surface area (Å²) in [6, 6.07) is 15.3. The van der Waals surface area contributed by atoms with E-state index in [2.05, 4.69) is 51.7 Å². The van der Waals surface area contributed by atoms with E-state index in [1.807, 2.05) is 17.0 Å². The number of hydrogen-bond donors (Lipinski definition) is 4. The molecule has 0 radical (unpaired) electrons. The van der Waals surface area contributed by atoms with Gasteiger partial charge in [0.1, 0.15) is 0 Å². The Balaban J connectivity index is 1.25. The molecule has 2 heterocycles. The lowest BCUT2D eigenvalue weighted by molar-refractivity contribution is -0.132. The number of amides is 4. The fourth-order valence-corrected chi connectivity index (χ4v) is 6.34. The molecule has 4 N–H and O–H groups in total. The van der Waals surface area contributed by atoms with Crippen molar-refractivity contribution < 1.29 is 24.2 Å². The third-order valence-electron chi connectivity index (χ3n) is 8.52. The summed E-state index contributed by atoms with van der Waals surface area (Å²) < 4.78 is 7.73. The van der Waals surface area contributed by atoms with Gasteiger partial charge in [0.15, 0.2) is 0 Å². The number of methoxy groups -OCH3 is 1. The first-order valence-corrected chi connectivity index (χ1v) is 15.3. The van der Waals surface area contributed by atoms with Gasteiger partial charge in [-0.15, -0.1) is 0 Å². The van der Waals surface area contributed by atoms with E-state index in [0.29, 0.717) is 31.8 Å². The van der Waals surface area contributed by atoms with Gasteiger partial charge in [0.2, 0.25) is 5.91 Å². The Labute approximate surface area is 252 Å². The first-order chi connectivity index (χ1) is 20.8. The van der Waals surface area contributed by atoms with Crippen molar-refractivity contribution in [2.24, 2.45) is 0 Å². The van der Waals surface area contributed by atoms with Crippen LogP contribution in [0.2, 0.25) is 0 Å². The lowest BCUT2D eigenvalue weighted by atomic mass is 9.91. The summed E-state index contributed by atoms with van der Waals surface area (Å²) in [5.74, 6) is 0.161. The van der Waals surface area contributed by atoms with Crippen LogP contribution in [0.4, 0.5) is 15.3 Å². The maximum atomic E-state index is 13.6. The number of piperidine rings is 1. The van der Waals surface area contributed by atoms with Crippen LogP contribution in [-0.4, -0.2) is 71.5 Å². The number of aromatic nitrogens is 1. The molecule has 10 nitrogen and oxygen atoms in total. The summed E-state index contributed by atoms with van der Waals surface area (Å²) >= 11 is 0. The zero-order valence-electron chi connectivity index (χ0n) is 25.1. The molecule has 2 aromatic carbocycles. The van der Waals surface area contributed by atoms with Crippen LogP contribution in [0.1, 0.15) is 61.3 Å². The van der Waals surface area contributed by atoms with Crippen molar-refractivity contribution in [2.75, 3.05) is 32.1 Å². The van der Waals surface area contributed by atoms with Crippen molar-refractivity contribution in [3.8, 4) is 0 Å². The van der Waals surface area contributed by atoms with E-state index in [0.717, 1.165) is 44.2 Å². The number of likely N-dealkylation sites (tertiary alicyclic amines) is 1. The maximum Gasteiger partial charge on any atom is 0.404 e. The SMILES string of the molecule is COCCCn1c(C2CCCN(C(=O)C[C@@H](Cc3ccc(NC(=O)NC4CC4)cc3)NC(=O)O)C2)c(C)c2ccccc21. The maximum absolute atomic E-state index is 13.6. The highest BCUT2D eigenvalue weighted by molar-refractivity contribution is 5.89. The van der Waals surface area contributed by atoms with Crippen LogP contribution in [0.3, 0.4) is 0 Å². The average Bonchev–Trinajstić information content (AvgIpc) is 3.76. The molecule has 1 saturated heterocycles. The van der Waals surface area contributed by atoms with E-state index in [-0.39, 0.29) is 30.3 Å². The first kappa shape index (κ1) is 30.4. The Kier molecular flexibility index (Phi) is 9.86. The molecule has 5 rings (SSSR count). The molecule has 0 bridgehead atoms. The predicted molar refractivity (Wildman–Crippen MR) is 167 cm³/mol.